The minimum atomic E-state index is 0.0375. The van der Waals surface area contributed by atoms with E-state index in [1.54, 1.807) is 0 Å². The molecule has 2 fully saturated rings. The van der Waals surface area contributed by atoms with E-state index in [1.165, 1.54) is 19.3 Å². The Hall–Kier alpha value is -0.220. The molecule has 1 aliphatic heterocycles. The van der Waals surface area contributed by atoms with Crippen LogP contribution in [-0.2, 0) is 4.79 Å². The summed E-state index contributed by atoms with van der Waals surface area (Å²) in [6.45, 7) is 4.14. The highest BCUT2D eigenvalue weighted by atomic mass is 32.2. The van der Waals surface area contributed by atoms with Gasteiger partial charge in [-0.3, -0.25) is 4.79 Å². The van der Waals surface area contributed by atoms with E-state index in [0.29, 0.717) is 5.92 Å². The van der Waals surface area contributed by atoms with Gasteiger partial charge in [-0.15, -0.1) is 0 Å². The molecule has 2 aliphatic rings. The van der Waals surface area contributed by atoms with Gasteiger partial charge in [0.15, 0.2) is 0 Å². The smallest absolute Gasteiger partial charge is 0.238 e. The van der Waals surface area contributed by atoms with E-state index < -0.39 is 0 Å². The second kappa shape index (κ2) is 5.92. The van der Waals surface area contributed by atoms with Crippen LogP contribution in [0.1, 0.15) is 26.2 Å². The monoisotopic (exact) mass is 242 g/mol. The van der Waals surface area contributed by atoms with E-state index in [4.69, 9.17) is 0 Å². The van der Waals surface area contributed by atoms with Crippen molar-refractivity contribution in [3.8, 4) is 0 Å². The minimum Gasteiger partial charge on any atom is -0.354 e. The van der Waals surface area contributed by atoms with Crippen LogP contribution in [0.15, 0.2) is 0 Å². The standard InChI is InChI=1S/C12H22N2OS/c1-9-3-2-4-10(9)7-14-12(15)11-8-16-6-5-13-11/h9-11,13H,2-8H2,1H3,(H,14,15). The summed E-state index contributed by atoms with van der Waals surface area (Å²) in [5, 5.41) is 6.38. The average Bonchev–Trinajstić information content (AvgIpc) is 2.73. The molecule has 0 radical (unpaired) electrons. The predicted molar refractivity (Wildman–Crippen MR) is 68.6 cm³/mol. The first kappa shape index (κ1) is 12.2. The fourth-order valence-corrected chi connectivity index (χ4v) is 3.55. The van der Waals surface area contributed by atoms with Gasteiger partial charge in [0.2, 0.25) is 5.91 Å². The number of thioether (sulfide) groups is 1. The number of nitrogens with one attached hydrogen (secondary N) is 2. The largest absolute Gasteiger partial charge is 0.354 e. The van der Waals surface area contributed by atoms with Crippen LogP contribution in [0.25, 0.3) is 0 Å². The number of amides is 1. The summed E-state index contributed by atoms with van der Waals surface area (Å²) in [7, 11) is 0. The molecule has 3 nitrogen and oxygen atoms in total. The van der Waals surface area contributed by atoms with Gasteiger partial charge in [-0.1, -0.05) is 19.8 Å². The van der Waals surface area contributed by atoms with Crippen molar-refractivity contribution in [2.75, 3.05) is 24.6 Å². The van der Waals surface area contributed by atoms with Crippen LogP contribution >= 0.6 is 11.8 Å². The van der Waals surface area contributed by atoms with Crippen molar-refractivity contribution < 1.29 is 4.79 Å². The van der Waals surface area contributed by atoms with Crippen LogP contribution in [0.3, 0.4) is 0 Å². The third-order valence-electron chi connectivity index (χ3n) is 3.82. The Balaban J connectivity index is 1.70. The topological polar surface area (TPSA) is 41.1 Å². The zero-order valence-corrected chi connectivity index (χ0v) is 10.8. The Morgan fingerprint density at radius 1 is 1.50 bits per heavy atom. The molecular weight excluding hydrogens is 220 g/mol. The predicted octanol–water partition coefficient (Wildman–Crippen LogP) is 1.24. The summed E-state index contributed by atoms with van der Waals surface area (Å²) in [6.07, 6.45) is 3.95. The van der Waals surface area contributed by atoms with Gasteiger partial charge in [-0.2, -0.15) is 11.8 Å². The zero-order chi connectivity index (χ0) is 11.4. The van der Waals surface area contributed by atoms with Gasteiger partial charge in [0.25, 0.3) is 0 Å². The van der Waals surface area contributed by atoms with E-state index in [0.717, 1.165) is 30.5 Å². The highest BCUT2D eigenvalue weighted by Crippen LogP contribution is 2.30. The molecule has 4 heteroatoms. The molecule has 2 rings (SSSR count). The molecule has 1 aliphatic carbocycles. The summed E-state index contributed by atoms with van der Waals surface area (Å²) >= 11 is 1.87. The van der Waals surface area contributed by atoms with E-state index in [9.17, 15) is 4.79 Å². The van der Waals surface area contributed by atoms with Gasteiger partial charge in [0.1, 0.15) is 0 Å². The second-order valence-corrected chi connectivity index (χ2v) is 6.14. The van der Waals surface area contributed by atoms with Crippen LogP contribution in [0.5, 0.6) is 0 Å². The van der Waals surface area contributed by atoms with Crippen LogP contribution in [0.4, 0.5) is 0 Å². The van der Waals surface area contributed by atoms with Gasteiger partial charge >= 0.3 is 0 Å². The lowest BCUT2D eigenvalue weighted by molar-refractivity contribution is -0.122. The minimum absolute atomic E-state index is 0.0375. The summed E-state index contributed by atoms with van der Waals surface area (Å²) < 4.78 is 0. The summed E-state index contributed by atoms with van der Waals surface area (Å²) in [4.78, 5) is 11.9. The zero-order valence-electron chi connectivity index (χ0n) is 10.00. The first-order chi connectivity index (χ1) is 7.77. The van der Waals surface area contributed by atoms with Gasteiger partial charge in [-0.25, -0.2) is 0 Å². The molecule has 0 aromatic carbocycles. The Kier molecular flexibility index (Phi) is 4.53. The molecule has 0 aromatic rings. The molecule has 1 amide bonds. The van der Waals surface area contributed by atoms with Crippen molar-refractivity contribution in [3.63, 3.8) is 0 Å². The molecule has 2 N–H and O–H groups in total. The number of rotatable bonds is 3. The Morgan fingerprint density at radius 2 is 2.38 bits per heavy atom. The molecule has 1 saturated heterocycles. The molecule has 1 saturated carbocycles. The van der Waals surface area contributed by atoms with Crippen LogP contribution in [0, 0.1) is 11.8 Å². The Morgan fingerprint density at radius 3 is 3.00 bits per heavy atom. The maximum Gasteiger partial charge on any atom is 0.238 e. The molecule has 3 atom stereocenters. The van der Waals surface area contributed by atoms with Crippen molar-refractivity contribution >= 4 is 17.7 Å². The van der Waals surface area contributed by atoms with Crippen molar-refractivity contribution in [2.24, 2.45) is 11.8 Å². The third-order valence-corrected chi connectivity index (χ3v) is 4.88. The molecule has 16 heavy (non-hydrogen) atoms. The number of carbonyl (C=O) groups is 1. The molecule has 0 spiro atoms. The Labute approximate surface area is 102 Å². The molecular formula is C12H22N2OS. The van der Waals surface area contributed by atoms with E-state index in [2.05, 4.69) is 17.6 Å². The highest BCUT2D eigenvalue weighted by molar-refractivity contribution is 7.99. The molecule has 0 aromatic heterocycles. The number of carbonyl (C=O) groups excluding carboxylic acids is 1. The quantitative estimate of drug-likeness (QED) is 0.782. The highest BCUT2D eigenvalue weighted by Gasteiger charge is 2.25. The molecule has 92 valence electrons. The van der Waals surface area contributed by atoms with Gasteiger partial charge in [0.05, 0.1) is 6.04 Å². The second-order valence-electron chi connectivity index (χ2n) is 5.00. The summed E-state index contributed by atoms with van der Waals surface area (Å²) in [5.41, 5.74) is 0. The summed E-state index contributed by atoms with van der Waals surface area (Å²) in [5.74, 6) is 3.75. The van der Waals surface area contributed by atoms with E-state index in [-0.39, 0.29) is 11.9 Å². The van der Waals surface area contributed by atoms with Gasteiger partial charge in [-0.05, 0) is 18.3 Å². The van der Waals surface area contributed by atoms with Gasteiger partial charge < -0.3 is 10.6 Å². The SMILES string of the molecule is CC1CCCC1CNC(=O)C1CSCCN1. The molecule has 1 heterocycles. The fraction of sp³-hybridized carbons (Fsp3) is 0.917. The van der Waals surface area contributed by atoms with Crippen molar-refractivity contribution in [1.29, 1.82) is 0 Å². The van der Waals surface area contributed by atoms with E-state index in [1.807, 2.05) is 11.8 Å². The maximum absolute atomic E-state index is 11.9. The van der Waals surface area contributed by atoms with Crippen LogP contribution in [0.2, 0.25) is 0 Å². The van der Waals surface area contributed by atoms with Crippen LogP contribution in [-0.4, -0.2) is 36.5 Å². The lowest BCUT2D eigenvalue weighted by Crippen LogP contribution is -2.49. The van der Waals surface area contributed by atoms with Crippen molar-refractivity contribution in [2.45, 2.75) is 32.2 Å². The molecule has 3 unspecified atom stereocenters. The third kappa shape index (κ3) is 3.14. The van der Waals surface area contributed by atoms with E-state index >= 15 is 0 Å². The number of hydrogen-bond acceptors (Lipinski definition) is 3. The first-order valence-corrected chi connectivity index (χ1v) is 7.51. The average molecular weight is 242 g/mol. The maximum atomic E-state index is 11.9. The fourth-order valence-electron chi connectivity index (χ4n) is 2.61. The van der Waals surface area contributed by atoms with Gasteiger partial charge in [0, 0.05) is 24.6 Å². The Bertz CT molecular complexity index is 241. The summed E-state index contributed by atoms with van der Waals surface area (Å²) in [6, 6.07) is 0.0375. The normalized spacial score (nSPS) is 34.9. The van der Waals surface area contributed by atoms with Crippen LogP contribution < -0.4 is 10.6 Å². The first-order valence-electron chi connectivity index (χ1n) is 6.36. The number of hydrogen-bond donors (Lipinski definition) is 2. The molecule has 0 bridgehead atoms. The lowest BCUT2D eigenvalue weighted by atomic mass is 9.98. The lowest BCUT2D eigenvalue weighted by Gasteiger charge is -2.23. The van der Waals surface area contributed by atoms with Crippen molar-refractivity contribution in [3.05, 3.63) is 0 Å². The van der Waals surface area contributed by atoms with Crippen molar-refractivity contribution in [1.82, 2.24) is 10.6 Å².